The summed E-state index contributed by atoms with van der Waals surface area (Å²) in [5, 5.41) is 0. The van der Waals surface area contributed by atoms with Gasteiger partial charge in [0.15, 0.2) is 0 Å². The quantitative estimate of drug-likeness (QED) is 0.464. The molecule has 1 aromatic rings. The predicted octanol–water partition coefficient (Wildman–Crippen LogP) is 2.57. The van der Waals surface area contributed by atoms with Crippen molar-refractivity contribution in [2.75, 3.05) is 5.88 Å². The minimum Gasteiger partial charge on any atom is -0.271 e. The Morgan fingerprint density at radius 1 is 1.29 bits per heavy atom. The normalized spacial score (nSPS) is 15.9. The van der Waals surface area contributed by atoms with Crippen LogP contribution >= 0.6 is 11.6 Å². The number of nitrogens with two attached hydrogens (primary N) is 1. The summed E-state index contributed by atoms with van der Waals surface area (Å²) in [5.41, 5.74) is 7.36. The summed E-state index contributed by atoms with van der Waals surface area (Å²) < 4.78 is 0. The lowest BCUT2D eigenvalue weighted by Crippen LogP contribution is -2.36. The van der Waals surface area contributed by atoms with E-state index in [9.17, 15) is 0 Å². The first-order valence-corrected chi connectivity index (χ1v) is 6.99. The summed E-state index contributed by atoms with van der Waals surface area (Å²) in [7, 11) is 0. The van der Waals surface area contributed by atoms with Crippen molar-refractivity contribution in [3.05, 3.63) is 34.9 Å². The molecule has 3 N–H and O–H groups in total. The second-order valence-corrected chi connectivity index (χ2v) is 5.23. The predicted molar refractivity (Wildman–Crippen MR) is 73.2 cm³/mol. The molecule has 1 aliphatic carbocycles. The number of hydrazine groups is 1. The molecule has 94 valence electrons. The molecule has 2 nitrogen and oxygen atoms in total. The lowest BCUT2D eigenvalue weighted by Gasteiger charge is -2.15. The van der Waals surface area contributed by atoms with Crippen LogP contribution in [-0.4, -0.2) is 11.9 Å². The van der Waals surface area contributed by atoms with Gasteiger partial charge in [0.1, 0.15) is 0 Å². The Balaban J connectivity index is 1.97. The van der Waals surface area contributed by atoms with Crippen LogP contribution in [0.1, 0.15) is 36.0 Å². The summed E-state index contributed by atoms with van der Waals surface area (Å²) in [4.78, 5) is 0. The van der Waals surface area contributed by atoms with Crippen LogP contribution < -0.4 is 11.3 Å². The molecular formula is C14H21ClN2. The van der Waals surface area contributed by atoms with Crippen LogP contribution in [-0.2, 0) is 19.3 Å². The second-order valence-electron chi connectivity index (χ2n) is 4.86. The Hall–Kier alpha value is -0.570. The average Bonchev–Trinajstić information content (AvgIpc) is 2.81. The van der Waals surface area contributed by atoms with E-state index in [1.165, 1.54) is 36.0 Å². The maximum atomic E-state index is 5.71. The van der Waals surface area contributed by atoms with Crippen LogP contribution in [0.15, 0.2) is 18.2 Å². The molecule has 0 saturated heterocycles. The fraction of sp³-hybridized carbons (Fsp3) is 0.571. The van der Waals surface area contributed by atoms with Crippen LogP contribution in [0.25, 0.3) is 0 Å². The highest BCUT2D eigenvalue weighted by atomic mass is 35.5. The number of halogens is 1. The van der Waals surface area contributed by atoms with Crippen LogP contribution in [0.5, 0.6) is 0 Å². The van der Waals surface area contributed by atoms with Gasteiger partial charge in [-0.05, 0) is 55.2 Å². The van der Waals surface area contributed by atoms with Gasteiger partial charge in [-0.3, -0.25) is 11.3 Å². The van der Waals surface area contributed by atoms with Crippen molar-refractivity contribution in [1.29, 1.82) is 0 Å². The first-order chi connectivity index (χ1) is 8.33. The third kappa shape index (κ3) is 3.44. The van der Waals surface area contributed by atoms with Gasteiger partial charge in [-0.25, -0.2) is 0 Å². The number of hydrogen-bond acceptors (Lipinski definition) is 2. The lowest BCUT2D eigenvalue weighted by atomic mass is 9.99. The Kier molecular flexibility index (Phi) is 4.84. The molecule has 1 aromatic carbocycles. The van der Waals surface area contributed by atoms with Gasteiger partial charge in [-0.1, -0.05) is 18.2 Å². The minimum absolute atomic E-state index is 0.341. The third-order valence-electron chi connectivity index (χ3n) is 3.57. The third-order valence-corrected chi connectivity index (χ3v) is 3.83. The Bertz CT molecular complexity index is 365. The monoisotopic (exact) mass is 252 g/mol. The SMILES string of the molecule is NNC(CCCCl)Cc1ccc2c(c1)CCC2. The Morgan fingerprint density at radius 3 is 2.88 bits per heavy atom. The number of hydrogen-bond donors (Lipinski definition) is 2. The van der Waals surface area contributed by atoms with Gasteiger partial charge in [0, 0.05) is 11.9 Å². The summed E-state index contributed by atoms with van der Waals surface area (Å²) in [6.45, 7) is 0. The summed E-state index contributed by atoms with van der Waals surface area (Å²) in [6, 6.07) is 7.23. The molecule has 1 unspecified atom stereocenters. The number of rotatable bonds is 6. The second kappa shape index (κ2) is 6.39. The Morgan fingerprint density at radius 2 is 2.12 bits per heavy atom. The molecule has 0 bridgehead atoms. The molecule has 0 radical (unpaired) electrons. The zero-order chi connectivity index (χ0) is 12.1. The highest BCUT2D eigenvalue weighted by Gasteiger charge is 2.13. The van der Waals surface area contributed by atoms with E-state index < -0.39 is 0 Å². The minimum atomic E-state index is 0.341. The van der Waals surface area contributed by atoms with E-state index in [0.717, 1.165) is 19.3 Å². The van der Waals surface area contributed by atoms with Crippen LogP contribution in [0.4, 0.5) is 0 Å². The first-order valence-electron chi connectivity index (χ1n) is 6.46. The highest BCUT2D eigenvalue weighted by molar-refractivity contribution is 6.17. The van der Waals surface area contributed by atoms with E-state index in [0.29, 0.717) is 11.9 Å². The fourth-order valence-corrected chi connectivity index (χ4v) is 2.76. The molecule has 2 rings (SSSR count). The number of aryl methyl sites for hydroxylation is 2. The molecule has 3 heteroatoms. The molecule has 1 atom stereocenters. The van der Waals surface area contributed by atoms with Crippen molar-refractivity contribution in [1.82, 2.24) is 5.43 Å². The standard InChI is InChI=1S/C14H21ClN2/c15-8-2-5-14(17-16)10-11-6-7-12-3-1-4-13(12)9-11/h6-7,9,14,17H,1-5,8,10,16H2. The molecule has 0 fully saturated rings. The van der Waals surface area contributed by atoms with Gasteiger partial charge in [0.25, 0.3) is 0 Å². The fourth-order valence-electron chi connectivity index (χ4n) is 2.60. The van der Waals surface area contributed by atoms with Gasteiger partial charge in [-0.15, -0.1) is 11.6 Å². The highest BCUT2D eigenvalue weighted by Crippen LogP contribution is 2.23. The molecule has 0 heterocycles. The van der Waals surface area contributed by atoms with Gasteiger partial charge >= 0.3 is 0 Å². The van der Waals surface area contributed by atoms with Crippen molar-refractivity contribution < 1.29 is 0 Å². The van der Waals surface area contributed by atoms with Crippen LogP contribution in [0.3, 0.4) is 0 Å². The molecule has 0 aromatic heterocycles. The number of alkyl halides is 1. The largest absolute Gasteiger partial charge is 0.271 e. The van der Waals surface area contributed by atoms with Gasteiger partial charge < -0.3 is 0 Å². The van der Waals surface area contributed by atoms with E-state index in [-0.39, 0.29) is 0 Å². The van der Waals surface area contributed by atoms with E-state index in [1.807, 2.05) is 0 Å². The molecular weight excluding hydrogens is 232 g/mol. The molecule has 0 amide bonds. The molecule has 0 spiro atoms. The summed E-state index contributed by atoms with van der Waals surface area (Å²) in [6.07, 6.45) is 6.86. The smallest absolute Gasteiger partial charge is 0.0251 e. The van der Waals surface area contributed by atoms with Crippen molar-refractivity contribution in [3.63, 3.8) is 0 Å². The molecule has 0 aliphatic heterocycles. The van der Waals surface area contributed by atoms with Gasteiger partial charge in [0.05, 0.1) is 0 Å². The maximum Gasteiger partial charge on any atom is 0.0251 e. The van der Waals surface area contributed by atoms with Crippen molar-refractivity contribution in [3.8, 4) is 0 Å². The van der Waals surface area contributed by atoms with E-state index >= 15 is 0 Å². The van der Waals surface area contributed by atoms with Crippen LogP contribution in [0, 0.1) is 0 Å². The Labute approximate surface area is 109 Å². The van der Waals surface area contributed by atoms with E-state index in [1.54, 1.807) is 0 Å². The molecule has 0 saturated carbocycles. The average molecular weight is 253 g/mol. The van der Waals surface area contributed by atoms with Crippen molar-refractivity contribution >= 4 is 11.6 Å². The summed E-state index contributed by atoms with van der Waals surface area (Å²) in [5.74, 6) is 6.29. The molecule has 17 heavy (non-hydrogen) atoms. The van der Waals surface area contributed by atoms with Crippen molar-refractivity contribution in [2.24, 2.45) is 5.84 Å². The molecule has 1 aliphatic rings. The first kappa shape index (κ1) is 12.9. The van der Waals surface area contributed by atoms with E-state index in [4.69, 9.17) is 17.4 Å². The maximum absolute atomic E-state index is 5.71. The van der Waals surface area contributed by atoms with Gasteiger partial charge in [0.2, 0.25) is 0 Å². The van der Waals surface area contributed by atoms with Crippen LogP contribution in [0.2, 0.25) is 0 Å². The van der Waals surface area contributed by atoms with Gasteiger partial charge in [-0.2, -0.15) is 0 Å². The van der Waals surface area contributed by atoms with Crippen molar-refractivity contribution in [2.45, 2.75) is 44.6 Å². The van der Waals surface area contributed by atoms with E-state index in [2.05, 4.69) is 23.6 Å². The zero-order valence-electron chi connectivity index (χ0n) is 10.2. The number of fused-ring (bicyclic) bond motifs is 1. The lowest BCUT2D eigenvalue weighted by molar-refractivity contribution is 0.487. The number of nitrogens with one attached hydrogen (secondary N) is 1. The topological polar surface area (TPSA) is 38.0 Å². The zero-order valence-corrected chi connectivity index (χ0v) is 11.0. The number of benzene rings is 1. The summed E-state index contributed by atoms with van der Waals surface area (Å²) >= 11 is 5.71.